The minimum Gasteiger partial charge on any atom is -0.480 e. The molecule has 62 valence electrons. The Morgan fingerprint density at radius 2 is 2.10 bits per heavy atom. The molecule has 5 heteroatoms. The molecule has 0 bridgehead atoms. The smallest absolute Gasteiger partial charge is 0.321 e. The van der Waals surface area contributed by atoms with E-state index in [-0.39, 0.29) is 5.75 Å². The highest BCUT2D eigenvalue weighted by atomic mass is 32.1. The summed E-state index contributed by atoms with van der Waals surface area (Å²) in [4.78, 5) is 9.76. The minimum atomic E-state index is -1.00. The van der Waals surface area contributed by atoms with Gasteiger partial charge in [-0.3, -0.25) is 4.79 Å². The highest BCUT2D eigenvalue weighted by molar-refractivity contribution is 7.80. The number of methoxy groups -OCH3 is 1. The Bertz CT molecular complexity index is 89.0. The second-order valence-electron chi connectivity index (χ2n) is 1.54. The SMILES string of the molecule is COC.N[C@@H](CS)C(=O)O. The molecule has 0 heterocycles. The number of nitrogens with two attached hydrogens (primary N) is 1. The third kappa shape index (κ3) is 10.7. The van der Waals surface area contributed by atoms with E-state index in [9.17, 15) is 4.79 Å². The fourth-order valence-electron chi connectivity index (χ4n) is 0.0781. The summed E-state index contributed by atoms with van der Waals surface area (Å²) >= 11 is 3.65. The van der Waals surface area contributed by atoms with Crippen LogP contribution in [0.3, 0.4) is 0 Å². The van der Waals surface area contributed by atoms with Crippen molar-refractivity contribution in [3.63, 3.8) is 0 Å². The van der Waals surface area contributed by atoms with E-state index < -0.39 is 12.0 Å². The molecule has 0 aromatic carbocycles. The predicted molar refractivity (Wildman–Crippen MR) is 42.4 cm³/mol. The van der Waals surface area contributed by atoms with Crippen LogP contribution in [0.4, 0.5) is 0 Å². The zero-order valence-corrected chi connectivity index (χ0v) is 6.97. The van der Waals surface area contributed by atoms with Crippen LogP contribution in [0.15, 0.2) is 0 Å². The maximum Gasteiger partial charge on any atom is 0.321 e. The van der Waals surface area contributed by atoms with Crippen LogP contribution in [0.25, 0.3) is 0 Å². The third-order valence-electron chi connectivity index (χ3n) is 0.514. The minimum absolute atomic E-state index is 0.190. The number of rotatable bonds is 2. The van der Waals surface area contributed by atoms with Crippen LogP contribution in [0.5, 0.6) is 0 Å². The first-order valence-corrected chi connectivity index (χ1v) is 3.22. The topological polar surface area (TPSA) is 72.5 Å². The van der Waals surface area contributed by atoms with Gasteiger partial charge >= 0.3 is 5.97 Å². The molecule has 4 nitrogen and oxygen atoms in total. The lowest BCUT2D eigenvalue weighted by Gasteiger charge is -1.96. The predicted octanol–water partition coefficient (Wildman–Crippen LogP) is -0.409. The fourth-order valence-corrected chi connectivity index (χ4v) is 0.234. The van der Waals surface area contributed by atoms with Gasteiger partial charge in [0, 0.05) is 20.0 Å². The monoisotopic (exact) mass is 167 g/mol. The maximum atomic E-state index is 9.76. The van der Waals surface area contributed by atoms with Crippen LogP contribution >= 0.6 is 12.6 Å². The third-order valence-corrected chi connectivity index (χ3v) is 0.907. The van der Waals surface area contributed by atoms with Crippen molar-refractivity contribution in [3.05, 3.63) is 0 Å². The lowest BCUT2D eigenvalue weighted by molar-refractivity contribution is -0.137. The molecular formula is C5H13NO3S. The lowest BCUT2D eigenvalue weighted by atomic mass is 10.4. The van der Waals surface area contributed by atoms with Gasteiger partial charge in [-0.05, 0) is 0 Å². The molecule has 0 spiro atoms. The Morgan fingerprint density at radius 1 is 1.80 bits per heavy atom. The van der Waals surface area contributed by atoms with Gasteiger partial charge in [-0.2, -0.15) is 12.6 Å². The van der Waals surface area contributed by atoms with E-state index in [2.05, 4.69) is 17.4 Å². The molecule has 3 N–H and O–H groups in total. The van der Waals surface area contributed by atoms with E-state index in [1.165, 1.54) is 0 Å². The van der Waals surface area contributed by atoms with Gasteiger partial charge in [-0.15, -0.1) is 0 Å². The number of carboxylic acids is 1. The molecule has 0 amide bonds. The van der Waals surface area contributed by atoms with Crippen molar-refractivity contribution in [2.75, 3.05) is 20.0 Å². The van der Waals surface area contributed by atoms with Gasteiger partial charge < -0.3 is 15.6 Å². The van der Waals surface area contributed by atoms with Crippen molar-refractivity contribution in [1.29, 1.82) is 0 Å². The van der Waals surface area contributed by atoms with Gasteiger partial charge in [0.15, 0.2) is 0 Å². The zero-order chi connectivity index (χ0) is 8.57. The van der Waals surface area contributed by atoms with Crippen molar-refractivity contribution >= 4 is 18.6 Å². The normalized spacial score (nSPS) is 11.2. The van der Waals surface area contributed by atoms with Crippen LogP contribution in [0, 0.1) is 0 Å². The number of hydrogen-bond acceptors (Lipinski definition) is 4. The fraction of sp³-hybridized carbons (Fsp3) is 0.800. The zero-order valence-electron chi connectivity index (χ0n) is 6.07. The van der Waals surface area contributed by atoms with Gasteiger partial charge in [0.2, 0.25) is 0 Å². The molecule has 0 aliphatic heterocycles. The Morgan fingerprint density at radius 3 is 2.10 bits per heavy atom. The summed E-state index contributed by atoms with van der Waals surface area (Å²) in [5.74, 6) is -0.815. The van der Waals surface area contributed by atoms with Gasteiger partial charge in [0.1, 0.15) is 6.04 Å². The summed E-state index contributed by atoms with van der Waals surface area (Å²) in [5.41, 5.74) is 4.94. The van der Waals surface area contributed by atoms with E-state index in [0.29, 0.717) is 0 Å². The first-order valence-electron chi connectivity index (χ1n) is 2.59. The molecule has 1 atom stereocenters. The Kier molecular flexibility index (Phi) is 10.9. The summed E-state index contributed by atoms with van der Waals surface area (Å²) in [6.45, 7) is 0. The van der Waals surface area contributed by atoms with Gasteiger partial charge in [0.05, 0.1) is 0 Å². The molecule has 0 aromatic heterocycles. The molecule has 0 aliphatic carbocycles. The second-order valence-corrected chi connectivity index (χ2v) is 1.90. The summed E-state index contributed by atoms with van der Waals surface area (Å²) < 4.78 is 4.25. The van der Waals surface area contributed by atoms with Crippen LogP contribution in [-0.2, 0) is 9.53 Å². The van der Waals surface area contributed by atoms with E-state index >= 15 is 0 Å². The van der Waals surface area contributed by atoms with E-state index in [4.69, 9.17) is 10.8 Å². The lowest BCUT2D eigenvalue weighted by Crippen LogP contribution is -2.31. The van der Waals surface area contributed by atoms with Crippen molar-refractivity contribution in [1.82, 2.24) is 0 Å². The largest absolute Gasteiger partial charge is 0.480 e. The van der Waals surface area contributed by atoms with Crippen LogP contribution < -0.4 is 5.73 Å². The number of hydrogen-bond donors (Lipinski definition) is 3. The molecule has 0 unspecified atom stereocenters. The Labute approximate surface area is 65.8 Å². The summed E-state index contributed by atoms with van der Waals surface area (Å²) in [6.07, 6.45) is 0. The molecule has 0 aliphatic rings. The molecule has 0 fully saturated rings. The van der Waals surface area contributed by atoms with Gasteiger partial charge in [-0.1, -0.05) is 0 Å². The first-order chi connectivity index (χ1) is 4.59. The van der Waals surface area contributed by atoms with Crippen LogP contribution in [0.2, 0.25) is 0 Å². The van der Waals surface area contributed by atoms with Crippen molar-refractivity contribution < 1.29 is 14.6 Å². The Hall–Kier alpha value is -0.260. The molecule has 10 heavy (non-hydrogen) atoms. The maximum absolute atomic E-state index is 9.76. The van der Waals surface area contributed by atoms with Crippen molar-refractivity contribution in [3.8, 4) is 0 Å². The van der Waals surface area contributed by atoms with E-state index in [1.54, 1.807) is 14.2 Å². The second kappa shape index (κ2) is 8.74. The molecular weight excluding hydrogens is 154 g/mol. The van der Waals surface area contributed by atoms with Crippen molar-refractivity contribution in [2.24, 2.45) is 5.73 Å². The standard InChI is InChI=1S/C3H7NO2S.C2H6O/c4-2(1-7)3(5)6;1-3-2/h2,7H,1,4H2,(H,5,6);1-2H3/t2-;/m0./s1. The average molecular weight is 167 g/mol. The molecule has 0 saturated heterocycles. The summed E-state index contributed by atoms with van der Waals surface area (Å²) in [7, 11) is 3.25. The highest BCUT2D eigenvalue weighted by Crippen LogP contribution is 1.80. The van der Waals surface area contributed by atoms with E-state index in [0.717, 1.165) is 0 Å². The van der Waals surface area contributed by atoms with Crippen molar-refractivity contribution in [2.45, 2.75) is 6.04 Å². The number of carboxylic acid groups (broad SMARTS) is 1. The Balaban J connectivity index is 0. The number of aliphatic carboxylic acids is 1. The van der Waals surface area contributed by atoms with Gasteiger partial charge in [0.25, 0.3) is 0 Å². The molecule has 0 aromatic rings. The van der Waals surface area contributed by atoms with Crippen LogP contribution in [-0.4, -0.2) is 37.1 Å². The molecule has 0 saturated carbocycles. The quantitative estimate of drug-likeness (QED) is 0.489. The summed E-state index contributed by atoms with van der Waals surface area (Å²) in [5, 5.41) is 8.01. The summed E-state index contributed by atoms with van der Waals surface area (Å²) in [6, 6.07) is -0.816. The van der Waals surface area contributed by atoms with Crippen LogP contribution in [0.1, 0.15) is 0 Å². The first kappa shape index (κ1) is 12.4. The van der Waals surface area contributed by atoms with E-state index in [1.807, 2.05) is 0 Å². The average Bonchev–Trinajstić information content (AvgIpc) is 1.88. The number of ether oxygens (including phenoxy) is 1. The number of carbonyl (C=O) groups is 1. The number of thiol groups is 1. The van der Waals surface area contributed by atoms with Gasteiger partial charge in [-0.25, -0.2) is 0 Å². The molecule has 0 rings (SSSR count). The molecule has 0 radical (unpaired) electrons. The highest BCUT2D eigenvalue weighted by Gasteiger charge is 2.06.